The van der Waals surface area contributed by atoms with Crippen LogP contribution >= 0.6 is 0 Å². The SMILES string of the molecule is C=C(CN)NC.C=C/C=C(C=C)/C1=C/C/C=N\c2cc(C)nn2C/N=C1/C=C/C=C(\C=C)CNCC.C=CC.CC.CCCC=O. The molecule has 0 fully saturated rings. The number of rotatable bonds is 13. The van der Waals surface area contributed by atoms with E-state index < -0.39 is 0 Å². The Hall–Kier alpha value is -4.40. The van der Waals surface area contributed by atoms with Crippen molar-refractivity contribution in [2.45, 2.75) is 67.5 Å². The summed E-state index contributed by atoms with van der Waals surface area (Å²) < 4.78 is 1.81. The van der Waals surface area contributed by atoms with E-state index in [1.807, 2.05) is 88.0 Å². The van der Waals surface area contributed by atoms with Crippen LogP contribution < -0.4 is 16.4 Å². The van der Waals surface area contributed by atoms with Gasteiger partial charge in [0.05, 0.1) is 11.4 Å². The number of fused-ring (bicyclic) bond motifs is 1. The highest BCUT2D eigenvalue weighted by atomic mass is 16.1. The second-order valence-electron chi connectivity index (χ2n) is 9.06. The Kier molecular flexibility index (Phi) is 33.5. The van der Waals surface area contributed by atoms with Gasteiger partial charge in [-0.15, -0.1) is 6.58 Å². The van der Waals surface area contributed by atoms with Crippen molar-refractivity contribution in [3.8, 4) is 0 Å². The standard InChI is InChI=1S/C25H31N5.C4H10N2.C4H8O.C3H6.C2H6/c1-6-12-22(8-3)23-14-11-16-27-25-17-20(5)29-30(25)19-28-24(23)15-10-13-21(7-2)18-26-9-4;1-4(3-5)6-2;1-2-3-4-5;1-3-2;1-2/h6-8,10,12-17,26H,1-3,9,11,18-19H2,4-5H3;6H,1,3,5H2,2H3;4H,2-3H2,1H3;3H,1H2,2H3;1-2H3/b15-10+,21-13+,22-12+,23-14-,27-16-,28-24-;;;;. The largest absolute Gasteiger partial charge is 0.391 e. The summed E-state index contributed by atoms with van der Waals surface area (Å²) >= 11 is 0. The van der Waals surface area contributed by atoms with Gasteiger partial charge in [0.2, 0.25) is 0 Å². The number of hydrogen-bond donors (Lipinski definition) is 3. The summed E-state index contributed by atoms with van der Waals surface area (Å²) in [6.07, 6.45) is 22.5. The lowest BCUT2D eigenvalue weighted by Gasteiger charge is -2.11. The minimum absolute atomic E-state index is 0.380. The maximum Gasteiger partial charge on any atom is 0.152 e. The molecule has 46 heavy (non-hydrogen) atoms. The van der Waals surface area contributed by atoms with Crippen LogP contribution in [0.4, 0.5) is 5.82 Å². The normalized spacial score (nSPS) is 15.2. The van der Waals surface area contributed by atoms with Gasteiger partial charge in [-0.05, 0) is 44.0 Å². The van der Waals surface area contributed by atoms with Crippen LogP contribution in [-0.2, 0) is 11.5 Å². The summed E-state index contributed by atoms with van der Waals surface area (Å²) in [7, 11) is 1.80. The summed E-state index contributed by atoms with van der Waals surface area (Å²) in [5.41, 5.74) is 10.8. The molecular weight excluding hydrogens is 570 g/mol. The first kappa shape index (κ1) is 46.0. The predicted molar refractivity (Wildman–Crippen MR) is 205 cm³/mol. The monoisotopic (exact) mass is 631 g/mol. The molecule has 4 N–H and O–H groups in total. The molecule has 0 bridgehead atoms. The fourth-order valence-corrected chi connectivity index (χ4v) is 3.14. The van der Waals surface area contributed by atoms with Crippen LogP contribution in [0.5, 0.6) is 0 Å². The van der Waals surface area contributed by atoms with Crippen LogP contribution in [0.2, 0.25) is 0 Å². The summed E-state index contributed by atoms with van der Waals surface area (Å²) in [5.74, 6) is 0.807. The molecule has 0 unspecified atom stereocenters. The first-order valence-electron chi connectivity index (χ1n) is 15.8. The van der Waals surface area contributed by atoms with Crippen LogP contribution in [0.25, 0.3) is 0 Å². The molecule has 0 aliphatic carbocycles. The second-order valence-corrected chi connectivity index (χ2v) is 9.06. The first-order valence-corrected chi connectivity index (χ1v) is 15.8. The molecular formula is C38H61N7O. The molecule has 2 rings (SSSR count). The van der Waals surface area contributed by atoms with Gasteiger partial charge in [0, 0.05) is 56.5 Å². The molecule has 1 aromatic rings. The van der Waals surface area contributed by atoms with Crippen LogP contribution in [0.3, 0.4) is 0 Å². The Morgan fingerprint density at radius 2 is 1.80 bits per heavy atom. The number of allylic oxidation sites excluding steroid dienone is 10. The minimum Gasteiger partial charge on any atom is -0.391 e. The molecule has 0 atom stereocenters. The van der Waals surface area contributed by atoms with Gasteiger partial charge in [0.15, 0.2) is 5.82 Å². The Morgan fingerprint density at radius 1 is 1.13 bits per heavy atom. The molecule has 1 aliphatic rings. The third-order valence-electron chi connectivity index (χ3n) is 5.42. The van der Waals surface area contributed by atoms with Crippen molar-refractivity contribution >= 4 is 24.0 Å². The highest BCUT2D eigenvalue weighted by Crippen LogP contribution is 2.20. The third-order valence-corrected chi connectivity index (χ3v) is 5.42. The number of hydrogen-bond acceptors (Lipinski definition) is 7. The van der Waals surface area contributed by atoms with Gasteiger partial charge in [0.25, 0.3) is 0 Å². The molecule has 2 heterocycles. The van der Waals surface area contributed by atoms with Gasteiger partial charge in [0.1, 0.15) is 13.0 Å². The zero-order valence-corrected chi connectivity index (χ0v) is 29.7. The average molecular weight is 632 g/mol. The second kappa shape index (κ2) is 33.5. The molecule has 0 saturated carbocycles. The molecule has 0 aromatic carbocycles. The van der Waals surface area contributed by atoms with Crippen LogP contribution in [0.15, 0.2) is 126 Å². The topological polar surface area (TPSA) is 110 Å². The number of carbonyl (C=O) groups excluding carboxylic acids is 1. The summed E-state index contributed by atoms with van der Waals surface area (Å²) in [5, 5.41) is 10.6. The van der Waals surface area contributed by atoms with Crippen molar-refractivity contribution in [1.82, 2.24) is 20.4 Å². The van der Waals surface area contributed by atoms with Gasteiger partial charge in [-0.25, -0.2) is 9.67 Å². The van der Waals surface area contributed by atoms with Crippen LogP contribution in [0, 0.1) is 6.92 Å². The number of unbranched alkanes of at least 4 members (excludes halogenated alkanes) is 1. The number of nitrogens with one attached hydrogen (secondary N) is 2. The van der Waals surface area contributed by atoms with E-state index in [4.69, 9.17) is 10.7 Å². The minimum atomic E-state index is 0.380. The molecule has 1 aromatic heterocycles. The van der Waals surface area contributed by atoms with Gasteiger partial charge in [-0.2, -0.15) is 5.10 Å². The van der Waals surface area contributed by atoms with E-state index in [2.05, 4.69) is 66.6 Å². The van der Waals surface area contributed by atoms with Crippen molar-refractivity contribution in [3.05, 3.63) is 122 Å². The number of aromatic nitrogens is 2. The van der Waals surface area contributed by atoms with E-state index in [1.54, 1.807) is 19.2 Å². The molecule has 8 heteroatoms. The van der Waals surface area contributed by atoms with Gasteiger partial charge < -0.3 is 21.2 Å². The molecule has 1 aliphatic heterocycles. The van der Waals surface area contributed by atoms with Gasteiger partial charge in [-0.1, -0.05) is 103 Å². The summed E-state index contributed by atoms with van der Waals surface area (Å²) in [6.45, 7) is 33.1. The molecule has 0 saturated heterocycles. The maximum atomic E-state index is 9.40. The fourth-order valence-electron chi connectivity index (χ4n) is 3.14. The Bertz CT molecular complexity index is 1200. The Balaban J connectivity index is -0.000000959. The Labute approximate surface area is 280 Å². The van der Waals surface area contributed by atoms with Gasteiger partial charge in [-0.3, -0.25) is 4.99 Å². The zero-order chi connectivity index (χ0) is 35.6. The number of aldehydes is 1. The van der Waals surface area contributed by atoms with Crippen molar-refractivity contribution < 1.29 is 4.79 Å². The van der Waals surface area contributed by atoms with E-state index in [0.717, 1.165) is 65.4 Å². The lowest BCUT2D eigenvalue weighted by Crippen LogP contribution is -2.15. The van der Waals surface area contributed by atoms with Gasteiger partial charge >= 0.3 is 0 Å². The van der Waals surface area contributed by atoms with Crippen molar-refractivity contribution in [3.63, 3.8) is 0 Å². The number of nitrogens with zero attached hydrogens (tertiary/aromatic N) is 4. The third kappa shape index (κ3) is 23.0. The number of carbonyl (C=O) groups is 1. The molecule has 0 amide bonds. The van der Waals surface area contributed by atoms with E-state index in [0.29, 0.717) is 26.1 Å². The van der Waals surface area contributed by atoms with Crippen molar-refractivity contribution in [1.29, 1.82) is 0 Å². The number of likely N-dealkylation sites (N-methyl/N-ethyl adjacent to an activating group) is 2. The zero-order valence-electron chi connectivity index (χ0n) is 29.7. The number of aryl methyl sites for hydroxylation is 1. The quantitative estimate of drug-likeness (QED) is 0.116. The van der Waals surface area contributed by atoms with Crippen molar-refractivity contribution in [2.24, 2.45) is 15.7 Å². The van der Waals surface area contributed by atoms with Crippen LogP contribution in [0.1, 0.15) is 59.6 Å². The molecule has 8 nitrogen and oxygen atoms in total. The lowest BCUT2D eigenvalue weighted by molar-refractivity contribution is -0.107. The van der Waals surface area contributed by atoms with E-state index in [-0.39, 0.29) is 0 Å². The highest BCUT2D eigenvalue weighted by molar-refractivity contribution is 6.12. The van der Waals surface area contributed by atoms with E-state index in [9.17, 15) is 4.79 Å². The summed E-state index contributed by atoms with van der Waals surface area (Å²) in [4.78, 5) is 18.8. The smallest absolute Gasteiger partial charge is 0.152 e. The Morgan fingerprint density at radius 3 is 2.26 bits per heavy atom. The average Bonchev–Trinajstić information content (AvgIpc) is 3.44. The maximum absolute atomic E-state index is 9.40. The number of aliphatic imine (C=N–C) groups is 2. The summed E-state index contributed by atoms with van der Waals surface area (Å²) in [6, 6.07) is 1.96. The molecule has 0 radical (unpaired) electrons. The number of nitrogens with two attached hydrogens (primary N) is 1. The van der Waals surface area contributed by atoms with Crippen molar-refractivity contribution in [2.75, 3.05) is 26.7 Å². The molecule has 0 spiro atoms. The molecule has 254 valence electrons. The lowest BCUT2D eigenvalue weighted by atomic mass is 9.98. The first-order chi connectivity index (χ1) is 22.3. The van der Waals surface area contributed by atoms with E-state index >= 15 is 0 Å². The fraction of sp³-hybridized carbons (Fsp3) is 0.368. The van der Waals surface area contributed by atoms with E-state index in [1.165, 1.54) is 0 Å². The predicted octanol–water partition coefficient (Wildman–Crippen LogP) is 8.08. The highest BCUT2D eigenvalue weighted by Gasteiger charge is 2.10. The van der Waals surface area contributed by atoms with Crippen LogP contribution in [-0.4, -0.2) is 54.7 Å².